The van der Waals surface area contributed by atoms with Crippen molar-refractivity contribution < 1.29 is 0 Å². The first kappa shape index (κ1) is 30.1. The van der Waals surface area contributed by atoms with E-state index in [1.807, 2.05) is 6.20 Å². The van der Waals surface area contributed by atoms with E-state index in [0.717, 1.165) is 16.8 Å². The van der Waals surface area contributed by atoms with Gasteiger partial charge in [0.2, 0.25) is 0 Å². The van der Waals surface area contributed by atoms with E-state index in [0.29, 0.717) is 0 Å². The molecular formula is C53H33N3. The minimum Gasteiger partial charge on any atom is -0.309 e. The molecule has 0 N–H and O–H groups in total. The number of hydrogen-bond donors (Lipinski definition) is 0. The van der Waals surface area contributed by atoms with Gasteiger partial charge >= 0.3 is 0 Å². The van der Waals surface area contributed by atoms with Gasteiger partial charge in [0, 0.05) is 56.1 Å². The van der Waals surface area contributed by atoms with Crippen molar-refractivity contribution in [3.63, 3.8) is 0 Å². The van der Waals surface area contributed by atoms with Crippen LogP contribution in [0, 0.1) is 6.92 Å². The van der Waals surface area contributed by atoms with Gasteiger partial charge in [-0.3, -0.25) is 4.98 Å². The van der Waals surface area contributed by atoms with Crippen molar-refractivity contribution in [3.8, 4) is 33.6 Å². The molecule has 0 saturated heterocycles. The molecule has 0 aliphatic heterocycles. The summed E-state index contributed by atoms with van der Waals surface area (Å²) in [4.78, 5) is 4.76. The minimum atomic E-state index is -0.380. The second-order valence-corrected chi connectivity index (χ2v) is 15.5. The van der Waals surface area contributed by atoms with Crippen LogP contribution in [0.4, 0.5) is 0 Å². The van der Waals surface area contributed by atoms with Crippen molar-refractivity contribution in [2.75, 3.05) is 0 Å². The summed E-state index contributed by atoms with van der Waals surface area (Å²) in [7, 11) is 0. The van der Waals surface area contributed by atoms with E-state index in [-0.39, 0.29) is 5.41 Å². The molecule has 0 fully saturated rings. The van der Waals surface area contributed by atoms with E-state index < -0.39 is 0 Å². The zero-order valence-electron chi connectivity index (χ0n) is 30.7. The van der Waals surface area contributed by atoms with Gasteiger partial charge in [0.15, 0.2) is 0 Å². The molecule has 2 aliphatic carbocycles. The van der Waals surface area contributed by atoms with Crippen LogP contribution in [0.25, 0.3) is 88.0 Å². The van der Waals surface area contributed by atoms with Crippen LogP contribution in [0.5, 0.6) is 0 Å². The molecule has 3 nitrogen and oxygen atoms in total. The van der Waals surface area contributed by atoms with Crippen molar-refractivity contribution in [2.45, 2.75) is 12.3 Å². The Labute approximate surface area is 323 Å². The van der Waals surface area contributed by atoms with Crippen molar-refractivity contribution in [1.29, 1.82) is 0 Å². The van der Waals surface area contributed by atoms with Crippen molar-refractivity contribution >= 4 is 54.4 Å². The van der Waals surface area contributed by atoms with Crippen molar-refractivity contribution in [3.05, 3.63) is 210 Å². The van der Waals surface area contributed by atoms with Crippen LogP contribution < -0.4 is 0 Å². The van der Waals surface area contributed by atoms with E-state index in [4.69, 9.17) is 4.98 Å². The number of nitrogens with zero attached hydrogens (tertiary/aromatic N) is 3. The number of benzene rings is 8. The lowest BCUT2D eigenvalue weighted by molar-refractivity contribution is 0.793. The van der Waals surface area contributed by atoms with Crippen LogP contribution in [-0.4, -0.2) is 14.1 Å². The van der Waals surface area contributed by atoms with Crippen LogP contribution >= 0.6 is 0 Å². The van der Waals surface area contributed by atoms with Crippen molar-refractivity contribution in [1.82, 2.24) is 14.1 Å². The number of hydrogen-bond acceptors (Lipinski definition) is 1. The second kappa shape index (κ2) is 10.7. The number of rotatable bonds is 2. The molecule has 1 spiro atoms. The lowest BCUT2D eigenvalue weighted by Gasteiger charge is -2.30. The monoisotopic (exact) mass is 711 g/mol. The fourth-order valence-corrected chi connectivity index (χ4v) is 10.7. The van der Waals surface area contributed by atoms with E-state index in [2.05, 4.69) is 192 Å². The van der Waals surface area contributed by atoms with Crippen molar-refractivity contribution in [2.24, 2.45) is 0 Å². The van der Waals surface area contributed by atoms with E-state index in [9.17, 15) is 0 Å². The van der Waals surface area contributed by atoms with Gasteiger partial charge in [0.1, 0.15) is 0 Å². The quantitative estimate of drug-likeness (QED) is 0.175. The molecule has 0 amide bonds. The molecular weight excluding hydrogens is 679 g/mol. The Morgan fingerprint density at radius 2 is 0.929 bits per heavy atom. The summed E-state index contributed by atoms with van der Waals surface area (Å²) in [5, 5.41) is 7.31. The minimum absolute atomic E-state index is 0.380. The summed E-state index contributed by atoms with van der Waals surface area (Å²) in [6, 6.07) is 63.4. The predicted octanol–water partition coefficient (Wildman–Crippen LogP) is 13.1. The van der Waals surface area contributed by atoms with Gasteiger partial charge in [-0.05, 0) is 93.9 Å². The topological polar surface area (TPSA) is 22.8 Å². The van der Waals surface area contributed by atoms with E-state index in [1.54, 1.807) is 0 Å². The molecule has 13 rings (SSSR count). The molecule has 0 bridgehead atoms. The average Bonchev–Trinajstić information content (AvgIpc) is 3.96. The number of para-hydroxylation sites is 2. The molecule has 0 radical (unpaired) electrons. The first-order valence-corrected chi connectivity index (χ1v) is 19.5. The lowest BCUT2D eigenvalue weighted by Crippen LogP contribution is -2.25. The molecule has 0 saturated carbocycles. The molecule has 8 aromatic carbocycles. The smallest absolute Gasteiger partial charge is 0.0725 e. The third kappa shape index (κ3) is 3.57. The fraction of sp³-hybridized carbons (Fsp3) is 0.0377. The van der Waals surface area contributed by atoms with Gasteiger partial charge < -0.3 is 9.13 Å². The summed E-state index contributed by atoms with van der Waals surface area (Å²) < 4.78 is 5.00. The van der Waals surface area contributed by atoms with Crippen LogP contribution in [0.15, 0.2) is 182 Å². The highest BCUT2D eigenvalue weighted by molar-refractivity contribution is 6.36. The molecule has 3 heteroatoms. The highest BCUT2D eigenvalue weighted by Gasteiger charge is 2.51. The van der Waals surface area contributed by atoms with E-state index in [1.165, 1.54) is 99.1 Å². The van der Waals surface area contributed by atoms with Gasteiger partial charge in [-0.2, -0.15) is 0 Å². The molecule has 11 aromatic rings. The maximum Gasteiger partial charge on any atom is 0.0725 e. The maximum absolute atomic E-state index is 4.76. The lowest BCUT2D eigenvalue weighted by atomic mass is 9.70. The highest BCUT2D eigenvalue weighted by atomic mass is 15.0. The molecule has 3 heterocycles. The zero-order chi connectivity index (χ0) is 36.7. The van der Waals surface area contributed by atoms with Gasteiger partial charge in [0.05, 0.1) is 27.5 Å². The summed E-state index contributed by atoms with van der Waals surface area (Å²) in [6.07, 6.45) is 4.01. The highest BCUT2D eigenvalue weighted by Crippen LogP contribution is 2.63. The summed E-state index contributed by atoms with van der Waals surface area (Å²) in [5.41, 5.74) is 18.6. The normalized spacial score (nSPS) is 13.6. The number of pyridine rings is 1. The van der Waals surface area contributed by atoms with Gasteiger partial charge in [-0.25, -0.2) is 0 Å². The SMILES string of the molecule is Cc1ccc(-n2c3ccccc3c3c2c2ccncc2c2c4ccccc4n(-c4ccc5c(c4)-c4ccccc4C54c5ccccc5-c5ccccc54)c23)cc1. The van der Waals surface area contributed by atoms with Crippen LogP contribution in [-0.2, 0) is 5.41 Å². The van der Waals surface area contributed by atoms with Crippen LogP contribution in [0.2, 0.25) is 0 Å². The zero-order valence-corrected chi connectivity index (χ0v) is 30.7. The molecule has 2 aliphatic rings. The van der Waals surface area contributed by atoms with Gasteiger partial charge in [-0.1, -0.05) is 133 Å². The molecule has 56 heavy (non-hydrogen) atoms. The number of aryl methyl sites for hydroxylation is 1. The van der Waals surface area contributed by atoms with Gasteiger partial charge in [-0.15, -0.1) is 0 Å². The Kier molecular flexibility index (Phi) is 5.76. The number of aromatic nitrogens is 3. The Morgan fingerprint density at radius 1 is 0.411 bits per heavy atom. The van der Waals surface area contributed by atoms with Crippen LogP contribution in [0.3, 0.4) is 0 Å². The third-order valence-electron chi connectivity index (χ3n) is 12.9. The third-order valence-corrected chi connectivity index (χ3v) is 12.9. The predicted molar refractivity (Wildman–Crippen MR) is 231 cm³/mol. The first-order valence-electron chi connectivity index (χ1n) is 19.5. The molecule has 3 aromatic heterocycles. The Hall–Kier alpha value is -7.23. The Morgan fingerprint density at radius 3 is 1.59 bits per heavy atom. The molecule has 0 unspecified atom stereocenters. The average molecular weight is 712 g/mol. The largest absolute Gasteiger partial charge is 0.309 e. The molecule has 0 atom stereocenters. The van der Waals surface area contributed by atoms with Gasteiger partial charge in [0.25, 0.3) is 0 Å². The van der Waals surface area contributed by atoms with Crippen LogP contribution in [0.1, 0.15) is 27.8 Å². The summed E-state index contributed by atoms with van der Waals surface area (Å²) >= 11 is 0. The second-order valence-electron chi connectivity index (χ2n) is 15.5. The molecule has 260 valence electrons. The summed E-state index contributed by atoms with van der Waals surface area (Å²) in [5.74, 6) is 0. The summed E-state index contributed by atoms with van der Waals surface area (Å²) in [6.45, 7) is 2.15. The Bertz CT molecular complexity index is 3440. The number of fused-ring (bicyclic) bond motifs is 20. The van der Waals surface area contributed by atoms with E-state index >= 15 is 0 Å². The first-order chi connectivity index (χ1) is 27.7. The fourth-order valence-electron chi connectivity index (χ4n) is 10.7. The maximum atomic E-state index is 4.76. The Balaban J connectivity index is 1.20. The standard InChI is InChI=1S/C53H33N3/c1-32-22-24-33(25-23-32)55-48-21-11-6-16-40(48)50-51(55)38-28-29-54-31-42(38)49-39-15-5-10-20-47(39)56(52(49)50)34-26-27-46-41(30-34)37-14-4-9-19-45(37)53(46)43-17-7-2-12-35(43)36-13-3-8-18-44(36)53/h2-31H,1H3.